The molecule has 3 aromatic rings. The summed E-state index contributed by atoms with van der Waals surface area (Å²) in [6.07, 6.45) is 4.24. The molecule has 1 aromatic heterocycles. The van der Waals surface area contributed by atoms with E-state index in [2.05, 4.69) is 29.5 Å². The molecule has 0 radical (unpaired) electrons. The van der Waals surface area contributed by atoms with Crippen LogP contribution in [0.1, 0.15) is 45.1 Å². The van der Waals surface area contributed by atoms with E-state index in [0.29, 0.717) is 31.7 Å². The number of unbranched alkanes of at least 4 members (excludes halogenated alkanes) is 1. The van der Waals surface area contributed by atoms with Gasteiger partial charge in [0.25, 0.3) is 5.56 Å². The lowest BCUT2D eigenvalue weighted by Gasteiger charge is -2.09. The van der Waals surface area contributed by atoms with Crippen molar-refractivity contribution in [1.82, 2.24) is 9.78 Å². The number of ether oxygens (including phenoxy) is 1. The molecule has 32 heavy (non-hydrogen) atoms. The summed E-state index contributed by atoms with van der Waals surface area (Å²) in [6, 6.07) is 18.8. The topological polar surface area (TPSA) is 73.2 Å². The minimum atomic E-state index is -0.178. The fourth-order valence-corrected chi connectivity index (χ4v) is 3.40. The van der Waals surface area contributed by atoms with Crippen molar-refractivity contribution in [3.63, 3.8) is 0 Å². The van der Waals surface area contributed by atoms with Crippen LogP contribution in [0.2, 0.25) is 0 Å². The zero-order chi connectivity index (χ0) is 22.8. The second kappa shape index (κ2) is 11.8. The third kappa shape index (κ3) is 6.80. The highest BCUT2D eigenvalue weighted by Crippen LogP contribution is 2.20. The molecule has 0 saturated carbocycles. The highest BCUT2D eigenvalue weighted by molar-refractivity contribution is 5.90. The molecular formula is C26H31N3O3. The number of amides is 1. The smallest absolute Gasteiger partial charge is 0.266 e. The molecule has 2 aromatic carbocycles. The van der Waals surface area contributed by atoms with Crippen LogP contribution < -0.4 is 15.6 Å². The highest BCUT2D eigenvalue weighted by atomic mass is 16.5. The predicted molar refractivity (Wildman–Crippen MR) is 128 cm³/mol. The van der Waals surface area contributed by atoms with E-state index in [9.17, 15) is 9.59 Å². The molecule has 1 amide bonds. The molecule has 0 bridgehead atoms. The van der Waals surface area contributed by atoms with Gasteiger partial charge in [-0.05, 0) is 74.2 Å². The van der Waals surface area contributed by atoms with Crippen molar-refractivity contribution in [3.05, 3.63) is 76.6 Å². The number of hydrogen-bond acceptors (Lipinski definition) is 4. The van der Waals surface area contributed by atoms with Crippen molar-refractivity contribution in [2.45, 2.75) is 52.5 Å². The Morgan fingerprint density at radius 1 is 0.969 bits per heavy atom. The van der Waals surface area contributed by atoms with E-state index >= 15 is 0 Å². The molecule has 6 nitrogen and oxygen atoms in total. The molecule has 0 aliphatic carbocycles. The first kappa shape index (κ1) is 23.3. The molecule has 1 heterocycles. The lowest BCUT2D eigenvalue weighted by Crippen LogP contribution is -2.23. The number of rotatable bonds is 11. The molecule has 168 valence electrons. The average molecular weight is 434 g/mol. The van der Waals surface area contributed by atoms with Crippen molar-refractivity contribution in [1.29, 1.82) is 0 Å². The van der Waals surface area contributed by atoms with Crippen molar-refractivity contribution in [3.8, 4) is 17.0 Å². The Labute approximate surface area is 189 Å². The van der Waals surface area contributed by atoms with Gasteiger partial charge in [0.15, 0.2) is 0 Å². The van der Waals surface area contributed by atoms with E-state index in [1.165, 1.54) is 29.2 Å². The zero-order valence-corrected chi connectivity index (χ0v) is 18.8. The van der Waals surface area contributed by atoms with Crippen molar-refractivity contribution in [2.75, 3.05) is 11.9 Å². The normalized spacial score (nSPS) is 10.7. The summed E-state index contributed by atoms with van der Waals surface area (Å²) in [5.41, 5.74) is 3.51. The lowest BCUT2D eigenvalue weighted by molar-refractivity contribution is -0.116. The highest BCUT2D eigenvalue weighted by Gasteiger charge is 2.07. The Bertz CT molecular complexity index is 1060. The summed E-state index contributed by atoms with van der Waals surface area (Å²) >= 11 is 0. The lowest BCUT2D eigenvalue weighted by atomic mass is 10.1. The Balaban J connectivity index is 1.53. The summed E-state index contributed by atoms with van der Waals surface area (Å²) in [4.78, 5) is 24.5. The van der Waals surface area contributed by atoms with Crippen LogP contribution in [0, 0.1) is 0 Å². The molecule has 0 saturated heterocycles. The third-order valence-electron chi connectivity index (χ3n) is 5.16. The number of aryl methyl sites for hydroxylation is 2. The molecule has 6 heteroatoms. The van der Waals surface area contributed by atoms with Gasteiger partial charge in [-0.15, -0.1) is 0 Å². The van der Waals surface area contributed by atoms with Crippen molar-refractivity contribution in [2.24, 2.45) is 0 Å². The fourth-order valence-electron chi connectivity index (χ4n) is 3.40. The van der Waals surface area contributed by atoms with Crippen LogP contribution in [0.3, 0.4) is 0 Å². The zero-order valence-electron chi connectivity index (χ0n) is 18.8. The Morgan fingerprint density at radius 2 is 1.72 bits per heavy atom. The quantitative estimate of drug-likeness (QED) is 0.458. The van der Waals surface area contributed by atoms with E-state index in [1.807, 2.05) is 43.3 Å². The molecule has 0 atom stereocenters. The summed E-state index contributed by atoms with van der Waals surface area (Å²) in [5.74, 6) is 0.730. The van der Waals surface area contributed by atoms with Gasteiger partial charge in [-0.1, -0.05) is 25.5 Å². The fraction of sp³-hybridized carbons (Fsp3) is 0.346. The number of benzene rings is 2. The summed E-state index contributed by atoms with van der Waals surface area (Å²) < 4.78 is 6.88. The van der Waals surface area contributed by atoms with Crippen molar-refractivity contribution >= 4 is 11.6 Å². The SMILES string of the molecule is CCCCc1ccc(NC(=O)CCCn2nc(-c3ccc(OCC)cc3)ccc2=O)cc1. The van der Waals surface area contributed by atoms with Crippen LogP contribution in [0.15, 0.2) is 65.5 Å². The van der Waals surface area contributed by atoms with Gasteiger partial charge >= 0.3 is 0 Å². The van der Waals surface area contributed by atoms with Crippen molar-refractivity contribution < 1.29 is 9.53 Å². The maximum atomic E-state index is 12.3. The van der Waals surface area contributed by atoms with Gasteiger partial charge < -0.3 is 10.1 Å². The number of hydrogen-bond donors (Lipinski definition) is 1. The van der Waals surface area contributed by atoms with E-state index in [1.54, 1.807) is 6.07 Å². The third-order valence-corrected chi connectivity index (χ3v) is 5.16. The van der Waals surface area contributed by atoms with Gasteiger partial charge in [0, 0.05) is 30.3 Å². The summed E-state index contributed by atoms with van der Waals surface area (Å²) in [5, 5.41) is 7.39. The summed E-state index contributed by atoms with van der Waals surface area (Å²) in [7, 11) is 0. The van der Waals surface area contributed by atoms with Crippen LogP contribution >= 0.6 is 0 Å². The Hall–Kier alpha value is -3.41. The van der Waals surface area contributed by atoms with Gasteiger partial charge in [-0.25, -0.2) is 4.68 Å². The number of carbonyl (C=O) groups excluding carboxylic acids is 1. The second-order valence-electron chi connectivity index (χ2n) is 7.69. The Kier molecular flexibility index (Phi) is 8.61. The van der Waals surface area contributed by atoms with Crippen LogP contribution in [-0.2, 0) is 17.8 Å². The molecule has 0 fully saturated rings. The molecule has 0 unspecified atom stereocenters. The molecule has 0 aliphatic heterocycles. The number of aromatic nitrogens is 2. The molecule has 1 N–H and O–H groups in total. The van der Waals surface area contributed by atoms with Gasteiger partial charge in [0.05, 0.1) is 12.3 Å². The molecule has 0 spiro atoms. The van der Waals surface area contributed by atoms with E-state index in [-0.39, 0.29) is 11.5 Å². The average Bonchev–Trinajstić information content (AvgIpc) is 2.80. The minimum Gasteiger partial charge on any atom is -0.494 e. The first-order valence-corrected chi connectivity index (χ1v) is 11.3. The number of nitrogens with one attached hydrogen (secondary N) is 1. The molecular weight excluding hydrogens is 402 g/mol. The maximum Gasteiger partial charge on any atom is 0.266 e. The Morgan fingerprint density at radius 3 is 2.41 bits per heavy atom. The van der Waals surface area contributed by atoms with Crippen LogP contribution in [0.25, 0.3) is 11.3 Å². The predicted octanol–water partition coefficient (Wildman–Crippen LogP) is 5.07. The van der Waals surface area contributed by atoms with Gasteiger partial charge in [-0.3, -0.25) is 9.59 Å². The first-order chi connectivity index (χ1) is 15.6. The maximum absolute atomic E-state index is 12.3. The molecule has 0 aliphatic rings. The number of anilines is 1. The van der Waals surface area contributed by atoms with E-state index < -0.39 is 0 Å². The standard InChI is InChI=1S/C26H31N3O3/c1-3-5-7-20-9-13-22(14-10-20)27-25(30)8-6-19-29-26(31)18-17-24(28-29)21-11-15-23(16-12-21)32-4-2/h9-18H,3-8,19H2,1-2H3,(H,27,30). The monoisotopic (exact) mass is 433 g/mol. The van der Waals surface area contributed by atoms with Crippen LogP contribution in [-0.4, -0.2) is 22.3 Å². The van der Waals surface area contributed by atoms with E-state index in [4.69, 9.17) is 4.74 Å². The number of carbonyl (C=O) groups is 1. The van der Waals surface area contributed by atoms with E-state index in [0.717, 1.165) is 23.4 Å². The number of nitrogens with zero attached hydrogens (tertiary/aromatic N) is 2. The largest absolute Gasteiger partial charge is 0.494 e. The summed E-state index contributed by atoms with van der Waals surface area (Å²) in [6.45, 7) is 5.11. The van der Waals surface area contributed by atoms with Crippen LogP contribution in [0.4, 0.5) is 5.69 Å². The molecule has 3 rings (SSSR count). The first-order valence-electron chi connectivity index (χ1n) is 11.3. The van der Waals surface area contributed by atoms with Gasteiger partial charge in [0.2, 0.25) is 5.91 Å². The van der Waals surface area contributed by atoms with Gasteiger partial charge in [0.1, 0.15) is 5.75 Å². The second-order valence-corrected chi connectivity index (χ2v) is 7.69. The minimum absolute atomic E-state index is 0.0676. The van der Waals surface area contributed by atoms with Gasteiger partial charge in [-0.2, -0.15) is 5.10 Å². The van der Waals surface area contributed by atoms with Crippen LogP contribution in [0.5, 0.6) is 5.75 Å².